The van der Waals surface area contributed by atoms with Gasteiger partial charge in [-0.3, -0.25) is 9.69 Å². The van der Waals surface area contributed by atoms with Crippen molar-refractivity contribution in [3.8, 4) is 0 Å². The summed E-state index contributed by atoms with van der Waals surface area (Å²) >= 11 is 0. The van der Waals surface area contributed by atoms with Gasteiger partial charge in [0.05, 0.1) is 0 Å². The molecule has 1 saturated carbocycles. The molecule has 0 spiro atoms. The fraction of sp³-hybridized carbons (Fsp3) is 0.611. The first-order valence-electron chi connectivity index (χ1n) is 8.53. The van der Waals surface area contributed by atoms with E-state index < -0.39 is 0 Å². The minimum absolute atomic E-state index is 0.371. The number of benzene rings is 1. The summed E-state index contributed by atoms with van der Waals surface area (Å²) in [4.78, 5) is 16.3. The van der Waals surface area contributed by atoms with Crippen LogP contribution in [-0.2, 0) is 6.54 Å². The molecule has 2 fully saturated rings. The Balaban J connectivity index is 1.76. The van der Waals surface area contributed by atoms with Gasteiger partial charge in [-0.05, 0) is 58.0 Å². The van der Waals surface area contributed by atoms with Gasteiger partial charge in [0.25, 0.3) is 0 Å². The second kappa shape index (κ2) is 6.49. The number of anilines is 1. The molecule has 3 rings (SSSR count). The lowest BCUT2D eigenvalue weighted by atomic mass is 10.1. The van der Waals surface area contributed by atoms with Crippen LogP contribution >= 0.6 is 0 Å². The maximum atomic E-state index is 11.5. The molecule has 23 heavy (non-hydrogen) atoms. The van der Waals surface area contributed by atoms with Crippen molar-refractivity contribution in [1.29, 1.82) is 0 Å². The highest BCUT2D eigenvalue weighted by Gasteiger charge is 2.38. The van der Waals surface area contributed by atoms with Crippen molar-refractivity contribution in [2.24, 2.45) is 5.73 Å². The lowest BCUT2D eigenvalue weighted by Gasteiger charge is -2.21. The van der Waals surface area contributed by atoms with E-state index >= 15 is 0 Å². The van der Waals surface area contributed by atoms with Crippen molar-refractivity contribution in [2.45, 2.75) is 50.9 Å². The molecular weight excluding hydrogens is 288 g/mol. The quantitative estimate of drug-likeness (QED) is 0.841. The maximum absolute atomic E-state index is 11.5. The number of amides is 1. The van der Waals surface area contributed by atoms with Crippen LogP contribution in [0.2, 0.25) is 0 Å². The molecule has 1 saturated heterocycles. The third kappa shape index (κ3) is 3.85. The average molecular weight is 316 g/mol. The number of carbonyl (C=O) groups excluding carboxylic acids is 1. The Bertz CT molecular complexity index is 582. The van der Waals surface area contributed by atoms with Crippen LogP contribution < -0.4 is 11.1 Å². The number of hydrogen-bond acceptors (Lipinski definition) is 4. The summed E-state index contributed by atoms with van der Waals surface area (Å²) in [5.41, 5.74) is 8.27. The largest absolute Gasteiger partial charge is 0.381 e. The average Bonchev–Trinajstić information content (AvgIpc) is 3.24. The van der Waals surface area contributed by atoms with Gasteiger partial charge in [0.15, 0.2) is 0 Å². The van der Waals surface area contributed by atoms with Gasteiger partial charge in [0, 0.05) is 42.5 Å². The number of rotatable bonds is 6. The van der Waals surface area contributed by atoms with E-state index in [1.165, 1.54) is 18.4 Å². The number of primary amides is 1. The van der Waals surface area contributed by atoms with Crippen LogP contribution in [0.4, 0.5) is 5.69 Å². The van der Waals surface area contributed by atoms with Crippen LogP contribution in [0.15, 0.2) is 18.2 Å². The lowest BCUT2D eigenvalue weighted by molar-refractivity contribution is 0.100. The van der Waals surface area contributed by atoms with Gasteiger partial charge in [-0.25, -0.2) is 0 Å². The van der Waals surface area contributed by atoms with Crippen molar-refractivity contribution in [3.05, 3.63) is 29.3 Å². The Labute approximate surface area is 138 Å². The normalized spacial score (nSPS) is 25.0. The Hall–Kier alpha value is -1.59. The number of nitrogens with zero attached hydrogens (tertiary/aromatic N) is 2. The summed E-state index contributed by atoms with van der Waals surface area (Å²) in [6.07, 6.45) is 3.85. The zero-order valence-electron chi connectivity index (χ0n) is 14.4. The first-order chi connectivity index (χ1) is 10.9. The standard InChI is InChI=1S/C18H28N4O/c1-12-8-15(11-22(12)16-6-7-16)20-17-9-13(18(19)23)4-5-14(17)10-21(2)3/h4-5,9,12,15-16,20H,6-8,10-11H2,1-3H3,(H2,19,23)/t12-,15-/m1/s1. The highest BCUT2D eigenvalue weighted by Crippen LogP contribution is 2.34. The number of likely N-dealkylation sites (tertiary alicyclic amines) is 1. The fourth-order valence-electron chi connectivity index (χ4n) is 3.64. The van der Waals surface area contributed by atoms with Crippen molar-refractivity contribution >= 4 is 11.6 Å². The zero-order chi connectivity index (χ0) is 16.6. The van der Waals surface area contributed by atoms with E-state index in [-0.39, 0.29) is 5.91 Å². The maximum Gasteiger partial charge on any atom is 0.248 e. The first kappa shape index (κ1) is 16.3. The summed E-state index contributed by atoms with van der Waals surface area (Å²) in [6.45, 7) is 4.25. The van der Waals surface area contributed by atoms with Crippen LogP contribution in [0.25, 0.3) is 0 Å². The Kier molecular flexibility index (Phi) is 4.60. The molecule has 0 bridgehead atoms. The molecule has 1 heterocycles. The topological polar surface area (TPSA) is 61.6 Å². The minimum Gasteiger partial charge on any atom is -0.381 e. The van der Waals surface area contributed by atoms with E-state index in [1.54, 1.807) is 0 Å². The van der Waals surface area contributed by atoms with Gasteiger partial charge in [-0.1, -0.05) is 6.07 Å². The predicted octanol–water partition coefficient (Wildman–Crippen LogP) is 1.88. The Morgan fingerprint density at radius 2 is 2.13 bits per heavy atom. The lowest BCUT2D eigenvalue weighted by Crippen LogP contribution is -2.31. The summed E-state index contributed by atoms with van der Waals surface area (Å²) < 4.78 is 0. The molecule has 0 aromatic heterocycles. The van der Waals surface area contributed by atoms with Crippen molar-refractivity contribution < 1.29 is 4.79 Å². The van der Waals surface area contributed by atoms with E-state index in [9.17, 15) is 4.79 Å². The molecule has 3 N–H and O–H groups in total. The molecule has 1 aromatic rings. The highest BCUT2D eigenvalue weighted by atomic mass is 16.1. The van der Waals surface area contributed by atoms with Gasteiger partial charge in [0.2, 0.25) is 5.91 Å². The highest BCUT2D eigenvalue weighted by molar-refractivity contribution is 5.94. The summed E-state index contributed by atoms with van der Waals surface area (Å²) in [7, 11) is 4.11. The van der Waals surface area contributed by atoms with E-state index in [2.05, 4.69) is 36.1 Å². The van der Waals surface area contributed by atoms with Crippen molar-refractivity contribution in [1.82, 2.24) is 9.80 Å². The van der Waals surface area contributed by atoms with E-state index in [0.717, 1.165) is 31.2 Å². The number of nitrogens with two attached hydrogens (primary N) is 1. The van der Waals surface area contributed by atoms with E-state index in [4.69, 9.17) is 5.73 Å². The van der Waals surface area contributed by atoms with E-state index in [1.807, 2.05) is 18.2 Å². The smallest absolute Gasteiger partial charge is 0.248 e. The Morgan fingerprint density at radius 1 is 1.39 bits per heavy atom. The monoisotopic (exact) mass is 316 g/mol. The molecule has 1 aliphatic heterocycles. The summed E-state index contributed by atoms with van der Waals surface area (Å²) in [6, 6.07) is 7.62. The number of hydrogen-bond donors (Lipinski definition) is 2. The number of nitrogens with one attached hydrogen (secondary N) is 1. The molecule has 1 aromatic carbocycles. The Morgan fingerprint density at radius 3 is 2.74 bits per heavy atom. The molecule has 2 atom stereocenters. The van der Waals surface area contributed by atoms with Crippen molar-refractivity contribution in [3.63, 3.8) is 0 Å². The SMILES string of the molecule is C[C@@H]1C[C@@H](Nc2cc(C(N)=O)ccc2CN(C)C)CN1C1CC1. The number of carbonyl (C=O) groups is 1. The van der Waals surface area contributed by atoms with Gasteiger partial charge in [0.1, 0.15) is 0 Å². The molecule has 0 unspecified atom stereocenters. The van der Waals surface area contributed by atoms with Gasteiger partial charge in [-0.15, -0.1) is 0 Å². The molecule has 5 heteroatoms. The van der Waals surface area contributed by atoms with Crippen molar-refractivity contribution in [2.75, 3.05) is 26.0 Å². The minimum atomic E-state index is -0.371. The second-order valence-electron chi connectivity index (χ2n) is 7.33. The third-order valence-corrected chi connectivity index (χ3v) is 4.88. The molecule has 0 radical (unpaired) electrons. The van der Waals surface area contributed by atoms with E-state index in [0.29, 0.717) is 17.6 Å². The van der Waals surface area contributed by atoms with Crippen LogP contribution in [0.1, 0.15) is 42.1 Å². The van der Waals surface area contributed by atoms with Gasteiger partial charge >= 0.3 is 0 Å². The third-order valence-electron chi connectivity index (χ3n) is 4.88. The molecule has 5 nitrogen and oxygen atoms in total. The van der Waals surface area contributed by atoms with Crippen LogP contribution in [-0.4, -0.2) is 54.5 Å². The summed E-state index contributed by atoms with van der Waals surface area (Å²) in [5.74, 6) is -0.371. The zero-order valence-corrected chi connectivity index (χ0v) is 14.4. The molecule has 2 aliphatic rings. The van der Waals surface area contributed by atoms with Gasteiger partial charge in [-0.2, -0.15) is 0 Å². The molecular formula is C18H28N4O. The molecule has 1 amide bonds. The van der Waals surface area contributed by atoms with Crippen LogP contribution in [0.3, 0.4) is 0 Å². The predicted molar refractivity (Wildman–Crippen MR) is 93.6 cm³/mol. The van der Waals surface area contributed by atoms with Crippen LogP contribution in [0, 0.1) is 0 Å². The molecule has 1 aliphatic carbocycles. The molecule has 126 valence electrons. The van der Waals surface area contributed by atoms with Gasteiger partial charge < -0.3 is 16.0 Å². The summed E-state index contributed by atoms with van der Waals surface area (Å²) in [5, 5.41) is 3.68. The van der Waals surface area contributed by atoms with Crippen LogP contribution in [0.5, 0.6) is 0 Å². The first-order valence-corrected chi connectivity index (χ1v) is 8.53. The second-order valence-corrected chi connectivity index (χ2v) is 7.33. The fourth-order valence-corrected chi connectivity index (χ4v) is 3.64.